The van der Waals surface area contributed by atoms with Gasteiger partial charge in [0, 0.05) is 13.2 Å². The molecule has 0 atom stereocenters. The van der Waals surface area contributed by atoms with Crippen LogP contribution in [0.15, 0.2) is 26.3 Å². The van der Waals surface area contributed by atoms with Gasteiger partial charge in [-0.05, 0) is 18.6 Å². The Hall–Kier alpha value is -1.91. The monoisotopic (exact) mass is 192 g/mol. The van der Waals surface area contributed by atoms with Gasteiger partial charge in [-0.15, -0.1) is 0 Å². The van der Waals surface area contributed by atoms with Crippen LogP contribution in [0.2, 0.25) is 0 Å². The Morgan fingerprint density at radius 2 is 2.14 bits per heavy atom. The van der Waals surface area contributed by atoms with E-state index < -0.39 is 11.4 Å². The minimum absolute atomic E-state index is 0.326. The van der Waals surface area contributed by atoms with Crippen LogP contribution in [0.3, 0.4) is 0 Å². The molecule has 0 bridgehead atoms. The largest absolute Gasteiger partial charge is 0.423 e. The summed E-state index contributed by atoms with van der Waals surface area (Å²) < 4.78 is 5.69. The van der Waals surface area contributed by atoms with Crippen molar-refractivity contribution in [2.75, 3.05) is 0 Å². The molecule has 0 fully saturated rings. The molecule has 72 valence electrons. The number of pyridine rings is 1. The van der Waals surface area contributed by atoms with E-state index in [9.17, 15) is 9.59 Å². The Morgan fingerprint density at radius 3 is 2.86 bits per heavy atom. The quantitative estimate of drug-likeness (QED) is 0.597. The van der Waals surface area contributed by atoms with Crippen LogP contribution in [0.25, 0.3) is 11.0 Å². The molecule has 0 N–H and O–H groups in total. The molecule has 0 aliphatic rings. The van der Waals surface area contributed by atoms with E-state index in [0.29, 0.717) is 11.0 Å². The minimum atomic E-state index is -0.696. The first kappa shape index (κ1) is 8.68. The Morgan fingerprint density at radius 1 is 1.43 bits per heavy atom. The average molecular weight is 192 g/mol. The second-order valence-electron chi connectivity index (χ2n) is 3.10. The molecule has 0 saturated heterocycles. The maximum absolute atomic E-state index is 11.3. The van der Waals surface area contributed by atoms with Crippen LogP contribution in [-0.2, 0) is 7.05 Å². The van der Waals surface area contributed by atoms with Gasteiger partial charge < -0.3 is 4.42 Å². The fourth-order valence-electron chi connectivity index (χ4n) is 1.27. The van der Waals surface area contributed by atoms with Crippen molar-refractivity contribution in [3.05, 3.63) is 38.8 Å². The van der Waals surface area contributed by atoms with Crippen molar-refractivity contribution >= 4 is 11.0 Å². The summed E-state index contributed by atoms with van der Waals surface area (Å²) >= 11 is 0. The van der Waals surface area contributed by atoms with Gasteiger partial charge in [-0.25, -0.2) is 14.6 Å². The fourth-order valence-corrected chi connectivity index (χ4v) is 1.27. The number of hydrogen-bond donors (Lipinski definition) is 0. The molecule has 0 amide bonds. The Balaban J connectivity index is 3.10. The predicted octanol–water partition coefficient (Wildman–Crippen LogP) is 0.195. The topological polar surface area (TPSA) is 65.1 Å². The van der Waals surface area contributed by atoms with Crippen LogP contribution < -0.4 is 11.4 Å². The highest BCUT2D eigenvalue weighted by Gasteiger charge is 2.06. The summed E-state index contributed by atoms with van der Waals surface area (Å²) in [7, 11) is 1.51. The molecule has 14 heavy (non-hydrogen) atoms. The van der Waals surface area contributed by atoms with Crippen molar-refractivity contribution in [3.8, 4) is 0 Å². The lowest BCUT2D eigenvalue weighted by atomic mass is 10.2. The number of hydrogen-bond acceptors (Lipinski definition) is 4. The van der Waals surface area contributed by atoms with Crippen molar-refractivity contribution < 1.29 is 4.42 Å². The molecule has 0 aliphatic carbocycles. The Labute approximate surface area is 78.6 Å². The zero-order valence-corrected chi connectivity index (χ0v) is 7.77. The highest BCUT2D eigenvalue weighted by atomic mass is 16.4. The van der Waals surface area contributed by atoms with E-state index in [1.54, 1.807) is 12.3 Å². The van der Waals surface area contributed by atoms with Crippen LogP contribution in [0.4, 0.5) is 0 Å². The molecule has 0 spiro atoms. The standard InChI is InChI=1S/C9H8N2O3/c1-5-3-6-7(10-4-5)11(2)9(13)14-8(6)12/h3-4H,1-2H3. The summed E-state index contributed by atoms with van der Waals surface area (Å²) in [5, 5.41) is 0.326. The number of aryl methyl sites for hydroxylation is 2. The van der Waals surface area contributed by atoms with Crippen molar-refractivity contribution in [1.82, 2.24) is 9.55 Å². The first-order valence-electron chi connectivity index (χ1n) is 4.06. The van der Waals surface area contributed by atoms with Crippen molar-refractivity contribution in [2.24, 2.45) is 7.05 Å². The van der Waals surface area contributed by atoms with Crippen LogP contribution in [0, 0.1) is 6.92 Å². The van der Waals surface area contributed by atoms with E-state index in [4.69, 9.17) is 0 Å². The summed E-state index contributed by atoms with van der Waals surface area (Å²) in [6, 6.07) is 1.65. The Kier molecular flexibility index (Phi) is 1.73. The molecule has 0 radical (unpaired) electrons. The SMILES string of the molecule is Cc1cnc2c(c1)c(=O)oc(=O)n2C. The lowest BCUT2D eigenvalue weighted by molar-refractivity contribution is 0.431. The van der Waals surface area contributed by atoms with E-state index in [2.05, 4.69) is 9.40 Å². The molecule has 0 aromatic carbocycles. The van der Waals surface area contributed by atoms with Gasteiger partial charge in [0.1, 0.15) is 5.39 Å². The summed E-state index contributed by atoms with van der Waals surface area (Å²) in [5.74, 6) is -0.696. The van der Waals surface area contributed by atoms with Gasteiger partial charge in [-0.1, -0.05) is 0 Å². The van der Waals surface area contributed by atoms with Gasteiger partial charge in [0.15, 0.2) is 5.65 Å². The predicted molar refractivity (Wildman–Crippen MR) is 50.3 cm³/mol. The van der Waals surface area contributed by atoms with E-state index in [1.807, 2.05) is 6.92 Å². The van der Waals surface area contributed by atoms with Gasteiger partial charge >= 0.3 is 11.4 Å². The highest BCUT2D eigenvalue weighted by Crippen LogP contribution is 2.05. The third-order valence-corrected chi connectivity index (χ3v) is 1.99. The number of rotatable bonds is 0. The van der Waals surface area contributed by atoms with E-state index in [1.165, 1.54) is 11.6 Å². The number of nitrogens with zero attached hydrogens (tertiary/aromatic N) is 2. The van der Waals surface area contributed by atoms with Gasteiger partial charge in [-0.3, -0.25) is 4.57 Å². The molecule has 2 heterocycles. The maximum Gasteiger partial charge on any atom is 0.423 e. The maximum atomic E-state index is 11.3. The van der Waals surface area contributed by atoms with Crippen LogP contribution in [-0.4, -0.2) is 9.55 Å². The lowest BCUT2D eigenvalue weighted by Gasteiger charge is -2.00. The first-order valence-corrected chi connectivity index (χ1v) is 4.06. The minimum Gasteiger partial charge on any atom is -0.372 e. The normalized spacial score (nSPS) is 10.7. The van der Waals surface area contributed by atoms with Gasteiger partial charge in [-0.2, -0.15) is 0 Å². The van der Waals surface area contributed by atoms with Crippen LogP contribution >= 0.6 is 0 Å². The summed E-state index contributed by atoms with van der Waals surface area (Å²) in [6.45, 7) is 1.82. The van der Waals surface area contributed by atoms with Crippen LogP contribution in [0.5, 0.6) is 0 Å². The third-order valence-electron chi connectivity index (χ3n) is 1.99. The lowest BCUT2D eigenvalue weighted by Crippen LogP contribution is -2.23. The number of fused-ring (bicyclic) bond motifs is 1. The highest BCUT2D eigenvalue weighted by molar-refractivity contribution is 5.73. The second-order valence-corrected chi connectivity index (χ2v) is 3.10. The van der Waals surface area contributed by atoms with Crippen LogP contribution in [0.1, 0.15) is 5.56 Å². The van der Waals surface area contributed by atoms with Crippen molar-refractivity contribution in [2.45, 2.75) is 6.92 Å². The summed E-state index contributed by atoms with van der Waals surface area (Å²) in [4.78, 5) is 26.4. The average Bonchev–Trinajstić information content (AvgIpc) is 2.14. The first-order chi connectivity index (χ1) is 6.59. The molecule has 2 rings (SSSR count). The van der Waals surface area contributed by atoms with E-state index >= 15 is 0 Å². The molecular weight excluding hydrogens is 184 g/mol. The summed E-state index contributed by atoms with van der Waals surface area (Å²) in [5.41, 5.74) is 0.555. The molecule has 0 aliphatic heterocycles. The summed E-state index contributed by atoms with van der Waals surface area (Å²) in [6.07, 6.45) is 1.60. The van der Waals surface area contributed by atoms with Crippen molar-refractivity contribution in [3.63, 3.8) is 0 Å². The fraction of sp³-hybridized carbons (Fsp3) is 0.222. The van der Waals surface area contributed by atoms with E-state index in [0.717, 1.165) is 5.56 Å². The zero-order valence-electron chi connectivity index (χ0n) is 7.77. The second kappa shape index (κ2) is 2.80. The molecule has 2 aromatic rings. The third kappa shape index (κ3) is 1.14. The molecule has 0 saturated carbocycles. The molecule has 2 aromatic heterocycles. The molecule has 0 unspecified atom stereocenters. The molecule has 5 nitrogen and oxygen atoms in total. The molecular formula is C9H8N2O3. The van der Waals surface area contributed by atoms with Gasteiger partial charge in [0.05, 0.1) is 0 Å². The smallest absolute Gasteiger partial charge is 0.372 e. The van der Waals surface area contributed by atoms with Gasteiger partial charge in [0.2, 0.25) is 0 Å². The van der Waals surface area contributed by atoms with E-state index in [-0.39, 0.29) is 0 Å². The van der Waals surface area contributed by atoms with Crippen molar-refractivity contribution in [1.29, 1.82) is 0 Å². The number of aromatic nitrogens is 2. The zero-order chi connectivity index (χ0) is 10.3. The molecule has 5 heteroatoms. The van der Waals surface area contributed by atoms with Gasteiger partial charge in [0.25, 0.3) is 0 Å². The Bertz CT molecular complexity index is 609.